The summed E-state index contributed by atoms with van der Waals surface area (Å²) in [6, 6.07) is 5.34. The van der Waals surface area contributed by atoms with Crippen molar-refractivity contribution in [2.24, 2.45) is 4.99 Å². The van der Waals surface area contributed by atoms with Gasteiger partial charge in [-0.25, -0.2) is 4.99 Å². The molecule has 0 radical (unpaired) electrons. The predicted molar refractivity (Wildman–Crippen MR) is 95.1 cm³/mol. The van der Waals surface area contributed by atoms with Crippen LogP contribution in [0.25, 0.3) is 0 Å². The minimum absolute atomic E-state index is 0.258. The molecule has 0 spiro atoms. The highest BCUT2D eigenvalue weighted by atomic mass is 35.5. The molecule has 24 heavy (non-hydrogen) atoms. The van der Waals surface area contributed by atoms with E-state index in [-0.39, 0.29) is 11.1 Å². The Morgan fingerprint density at radius 3 is 2.71 bits per heavy atom. The van der Waals surface area contributed by atoms with E-state index in [1.807, 2.05) is 6.92 Å². The lowest BCUT2D eigenvalue weighted by molar-refractivity contribution is -0.116. The summed E-state index contributed by atoms with van der Waals surface area (Å²) in [7, 11) is 4.78. The van der Waals surface area contributed by atoms with Crippen LogP contribution in [-0.2, 0) is 4.79 Å². The highest BCUT2D eigenvalue weighted by molar-refractivity contribution is 6.36. The number of para-hydroxylation sites is 1. The third-order valence-corrected chi connectivity index (χ3v) is 3.75. The second kappa shape index (κ2) is 7.88. The number of methoxy groups -OCH3 is 1. The number of aliphatic imine (C=N–C) groups is 1. The van der Waals surface area contributed by atoms with E-state index in [4.69, 9.17) is 21.1 Å². The van der Waals surface area contributed by atoms with Gasteiger partial charge in [-0.15, -0.1) is 0 Å². The number of carbonyl (C=O) groups is 1. The van der Waals surface area contributed by atoms with Crippen molar-refractivity contribution in [3.8, 4) is 11.5 Å². The second-order valence-electron chi connectivity index (χ2n) is 4.87. The molecule has 6 nitrogen and oxygen atoms in total. The molecule has 0 unspecified atom stereocenters. The summed E-state index contributed by atoms with van der Waals surface area (Å²) in [5.41, 5.74) is 1.26. The molecule has 1 aliphatic rings. The molecule has 1 aliphatic heterocycles. The van der Waals surface area contributed by atoms with Crippen LogP contribution in [0.15, 0.2) is 45.8 Å². The highest BCUT2D eigenvalue weighted by Gasteiger charge is 2.29. The summed E-state index contributed by atoms with van der Waals surface area (Å²) in [4.78, 5) is 16.9. The SMILES string of the molecule is CC/C=C(\C(=O)NC)C1=Nc2c(OC)cccc2O/C1=C(\Cl)NC. The van der Waals surface area contributed by atoms with E-state index < -0.39 is 0 Å². The van der Waals surface area contributed by atoms with Crippen molar-refractivity contribution in [2.75, 3.05) is 21.2 Å². The summed E-state index contributed by atoms with van der Waals surface area (Å²) < 4.78 is 11.3. The zero-order valence-electron chi connectivity index (χ0n) is 14.1. The van der Waals surface area contributed by atoms with E-state index >= 15 is 0 Å². The van der Waals surface area contributed by atoms with Crippen molar-refractivity contribution in [2.45, 2.75) is 13.3 Å². The Bertz CT molecular complexity index is 739. The van der Waals surface area contributed by atoms with E-state index in [2.05, 4.69) is 15.6 Å². The number of nitrogens with one attached hydrogen (secondary N) is 2. The average molecular weight is 350 g/mol. The number of likely N-dealkylation sites (N-methyl/N-ethyl adjacent to an activating group) is 1. The Labute approximate surface area is 146 Å². The fourth-order valence-electron chi connectivity index (χ4n) is 2.26. The third-order valence-electron chi connectivity index (χ3n) is 3.39. The largest absolute Gasteiger partial charge is 0.494 e. The number of fused-ring (bicyclic) bond motifs is 1. The Morgan fingerprint density at radius 1 is 1.38 bits per heavy atom. The molecule has 0 bridgehead atoms. The quantitative estimate of drug-likeness (QED) is 0.633. The Hall–Kier alpha value is -2.47. The van der Waals surface area contributed by atoms with Crippen LogP contribution in [0.5, 0.6) is 11.5 Å². The standard InChI is InChI=1S/C17H20ClN3O3/c1-5-7-10(17(22)20-3)13-15(16(18)19-2)24-12-9-6-8-11(23-4)14(12)21-13/h6-9,19H,5H2,1-4H3,(H,20,22)/b10-7-,16-15+. The number of amides is 1. The number of rotatable bonds is 5. The van der Waals surface area contributed by atoms with Gasteiger partial charge in [0.25, 0.3) is 5.91 Å². The molecular formula is C17H20ClN3O3. The Kier molecular flexibility index (Phi) is 5.87. The van der Waals surface area contributed by atoms with Crippen molar-refractivity contribution >= 4 is 28.9 Å². The molecule has 1 amide bonds. The fraction of sp³-hybridized carbons (Fsp3) is 0.294. The minimum Gasteiger partial charge on any atom is -0.494 e. The Morgan fingerprint density at radius 2 is 2.12 bits per heavy atom. The van der Waals surface area contributed by atoms with Gasteiger partial charge in [0.05, 0.1) is 12.7 Å². The first-order valence-electron chi connectivity index (χ1n) is 7.51. The lowest BCUT2D eigenvalue weighted by Gasteiger charge is -2.23. The van der Waals surface area contributed by atoms with Crippen LogP contribution in [0.1, 0.15) is 13.3 Å². The van der Waals surface area contributed by atoms with Gasteiger partial charge in [-0.3, -0.25) is 4.79 Å². The zero-order valence-corrected chi connectivity index (χ0v) is 14.8. The normalized spacial score (nSPS) is 15.7. The zero-order chi connectivity index (χ0) is 17.7. The highest BCUT2D eigenvalue weighted by Crippen LogP contribution is 2.42. The van der Waals surface area contributed by atoms with Gasteiger partial charge >= 0.3 is 0 Å². The van der Waals surface area contributed by atoms with Crippen LogP contribution in [-0.4, -0.2) is 32.8 Å². The van der Waals surface area contributed by atoms with Crippen molar-refractivity contribution in [3.63, 3.8) is 0 Å². The van der Waals surface area contributed by atoms with E-state index in [0.29, 0.717) is 40.7 Å². The number of hydrogen-bond donors (Lipinski definition) is 2. The molecule has 0 fully saturated rings. The van der Waals surface area contributed by atoms with Crippen molar-refractivity contribution in [1.82, 2.24) is 10.6 Å². The molecule has 0 atom stereocenters. The van der Waals surface area contributed by atoms with Crippen LogP contribution in [0.2, 0.25) is 0 Å². The van der Waals surface area contributed by atoms with E-state index in [0.717, 1.165) is 0 Å². The average Bonchev–Trinajstić information content (AvgIpc) is 2.63. The smallest absolute Gasteiger partial charge is 0.253 e. The molecule has 0 saturated carbocycles. The van der Waals surface area contributed by atoms with Crippen LogP contribution in [0.3, 0.4) is 0 Å². The summed E-state index contributed by atoms with van der Waals surface area (Å²) in [5.74, 6) is 1.09. The van der Waals surface area contributed by atoms with Gasteiger partial charge in [-0.2, -0.15) is 0 Å². The summed E-state index contributed by atoms with van der Waals surface area (Å²) >= 11 is 6.24. The van der Waals surface area contributed by atoms with Crippen molar-refractivity contribution in [1.29, 1.82) is 0 Å². The third kappa shape index (κ3) is 3.38. The number of carbonyl (C=O) groups excluding carboxylic acids is 1. The van der Waals surface area contributed by atoms with Gasteiger partial charge in [0.1, 0.15) is 22.3 Å². The molecule has 2 N–H and O–H groups in total. The maximum Gasteiger partial charge on any atom is 0.253 e. The molecule has 1 aromatic carbocycles. The van der Waals surface area contributed by atoms with Gasteiger partial charge in [0, 0.05) is 14.1 Å². The maximum atomic E-state index is 12.3. The minimum atomic E-state index is -0.268. The van der Waals surface area contributed by atoms with Gasteiger partial charge in [0.15, 0.2) is 11.5 Å². The van der Waals surface area contributed by atoms with Gasteiger partial charge < -0.3 is 20.1 Å². The molecule has 1 heterocycles. The predicted octanol–water partition coefficient (Wildman–Crippen LogP) is 2.87. The summed E-state index contributed by atoms with van der Waals surface area (Å²) in [6.07, 6.45) is 2.44. The number of halogens is 1. The second-order valence-corrected chi connectivity index (χ2v) is 5.25. The number of benzene rings is 1. The molecule has 2 rings (SSSR count). The molecular weight excluding hydrogens is 330 g/mol. The van der Waals surface area contributed by atoms with Gasteiger partial charge in [0.2, 0.25) is 0 Å². The van der Waals surface area contributed by atoms with E-state index in [9.17, 15) is 4.79 Å². The number of nitrogens with zero attached hydrogens (tertiary/aromatic N) is 1. The monoisotopic (exact) mass is 349 g/mol. The van der Waals surface area contributed by atoms with E-state index in [1.54, 1.807) is 45.5 Å². The molecule has 1 aromatic rings. The van der Waals surface area contributed by atoms with Crippen LogP contribution in [0, 0.1) is 0 Å². The van der Waals surface area contributed by atoms with Crippen LogP contribution in [0.4, 0.5) is 5.69 Å². The molecule has 128 valence electrons. The lowest BCUT2D eigenvalue weighted by Crippen LogP contribution is -2.29. The van der Waals surface area contributed by atoms with Gasteiger partial charge in [-0.1, -0.05) is 30.7 Å². The first-order chi connectivity index (χ1) is 11.6. The van der Waals surface area contributed by atoms with Crippen molar-refractivity contribution in [3.05, 3.63) is 40.8 Å². The van der Waals surface area contributed by atoms with E-state index in [1.165, 1.54) is 0 Å². The topological polar surface area (TPSA) is 72.0 Å². The molecule has 0 aliphatic carbocycles. The van der Waals surface area contributed by atoms with Gasteiger partial charge in [-0.05, 0) is 18.6 Å². The van der Waals surface area contributed by atoms with Crippen molar-refractivity contribution < 1.29 is 14.3 Å². The molecule has 0 saturated heterocycles. The lowest BCUT2D eigenvalue weighted by atomic mass is 10.0. The molecule has 0 aromatic heterocycles. The summed E-state index contributed by atoms with van der Waals surface area (Å²) in [5, 5.41) is 5.70. The fourth-order valence-corrected chi connectivity index (χ4v) is 2.39. The summed E-state index contributed by atoms with van der Waals surface area (Å²) in [6.45, 7) is 1.94. The maximum absolute atomic E-state index is 12.3. The molecule has 7 heteroatoms. The Balaban J connectivity index is 2.72. The number of allylic oxidation sites excluding steroid dienone is 2. The van der Waals surface area contributed by atoms with Crippen LogP contribution < -0.4 is 20.1 Å². The first-order valence-corrected chi connectivity index (χ1v) is 7.89. The number of ether oxygens (including phenoxy) is 2. The number of hydrogen-bond acceptors (Lipinski definition) is 5. The van der Waals surface area contributed by atoms with Crippen LogP contribution >= 0.6 is 11.6 Å². The first kappa shape index (κ1) is 17.9.